The zero-order chi connectivity index (χ0) is 11.5. The predicted octanol–water partition coefficient (Wildman–Crippen LogP) is 2.29. The van der Waals surface area contributed by atoms with Crippen molar-refractivity contribution in [1.29, 1.82) is 0 Å². The van der Waals surface area contributed by atoms with Crippen molar-refractivity contribution in [2.45, 2.75) is 25.9 Å². The molecule has 0 radical (unpaired) electrons. The molecule has 16 heavy (non-hydrogen) atoms. The van der Waals surface area contributed by atoms with Gasteiger partial charge >= 0.3 is 0 Å². The van der Waals surface area contributed by atoms with Gasteiger partial charge in [0, 0.05) is 36.4 Å². The molecule has 2 heterocycles. The van der Waals surface area contributed by atoms with Gasteiger partial charge in [-0.25, -0.2) is 4.98 Å². The van der Waals surface area contributed by atoms with Crippen molar-refractivity contribution in [3.63, 3.8) is 0 Å². The first kappa shape index (κ1) is 11.3. The van der Waals surface area contributed by atoms with E-state index in [1.165, 1.54) is 5.56 Å². The lowest BCUT2D eigenvalue weighted by molar-refractivity contribution is 0.493. The lowest BCUT2D eigenvalue weighted by Gasteiger charge is -2.17. The van der Waals surface area contributed by atoms with E-state index in [-0.39, 0.29) is 12.1 Å². The molecule has 0 bridgehead atoms. The van der Waals surface area contributed by atoms with Gasteiger partial charge in [0.1, 0.15) is 5.01 Å². The third-order valence-electron chi connectivity index (χ3n) is 2.55. The summed E-state index contributed by atoms with van der Waals surface area (Å²) in [6.45, 7) is 4.27. The number of aromatic nitrogens is 3. The number of rotatable bonds is 4. The average Bonchev–Trinajstić information content (AvgIpc) is 2.87. The van der Waals surface area contributed by atoms with Crippen LogP contribution < -0.4 is 5.32 Å². The van der Waals surface area contributed by atoms with Crippen LogP contribution in [0.4, 0.5) is 0 Å². The van der Waals surface area contributed by atoms with Gasteiger partial charge in [-0.1, -0.05) is 0 Å². The zero-order valence-corrected chi connectivity index (χ0v) is 10.5. The number of nitrogens with one attached hydrogen (secondary N) is 1. The summed E-state index contributed by atoms with van der Waals surface area (Å²) in [5.41, 5.74) is 1.20. The van der Waals surface area contributed by atoms with Crippen LogP contribution in [0.15, 0.2) is 24.0 Å². The number of hydrogen-bond acceptors (Lipinski definition) is 4. The summed E-state index contributed by atoms with van der Waals surface area (Å²) < 4.78 is 1.82. The Morgan fingerprint density at radius 1 is 1.38 bits per heavy atom. The summed E-state index contributed by atoms with van der Waals surface area (Å²) in [6.07, 6.45) is 5.77. The lowest BCUT2D eigenvalue weighted by atomic mass is 10.1. The van der Waals surface area contributed by atoms with E-state index in [0.717, 1.165) is 5.01 Å². The fourth-order valence-corrected chi connectivity index (χ4v) is 2.31. The molecule has 86 valence electrons. The second kappa shape index (κ2) is 4.76. The third kappa shape index (κ3) is 2.48. The monoisotopic (exact) mass is 236 g/mol. The van der Waals surface area contributed by atoms with Crippen LogP contribution >= 0.6 is 11.3 Å². The Bertz CT molecular complexity index is 435. The van der Waals surface area contributed by atoms with Crippen LogP contribution in [0, 0.1) is 0 Å². The minimum Gasteiger partial charge on any atom is -0.301 e. The van der Waals surface area contributed by atoms with E-state index in [0.29, 0.717) is 0 Å². The zero-order valence-electron chi connectivity index (χ0n) is 9.71. The molecule has 0 amide bonds. The SMILES string of the molecule is CC(NC(C)c1nccs1)c1cnn(C)c1. The van der Waals surface area contributed by atoms with Crippen molar-refractivity contribution in [3.05, 3.63) is 34.5 Å². The Hall–Kier alpha value is -1.20. The molecule has 2 aromatic heterocycles. The summed E-state index contributed by atoms with van der Waals surface area (Å²) in [4.78, 5) is 4.30. The summed E-state index contributed by atoms with van der Waals surface area (Å²) in [5, 5.41) is 10.8. The predicted molar refractivity (Wildman–Crippen MR) is 65.3 cm³/mol. The average molecular weight is 236 g/mol. The van der Waals surface area contributed by atoms with Gasteiger partial charge in [0.15, 0.2) is 0 Å². The Labute approximate surface area is 99.3 Å². The Morgan fingerprint density at radius 3 is 2.75 bits per heavy atom. The van der Waals surface area contributed by atoms with Crippen molar-refractivity contribution >= 4 is 11.3 Å². The minimum atomic E-state index is 0.273. The molecule has 1 N–H and O–H groups in total. The molecule has 0 saturated carbocycles. The van der Waals surface area contributed by atoms with Crippen molar-refractivity contribution in [3.8, 4) is 0 Å². The van der Waals surface area contributed by atoms with E-state index >= 15 is 0 Å². The first-order valence-electron chi connectivity index (χ1n) is 5.31. The minimum absolute atomic E-state index is 0.273. The van der Waals surface area contributed by atoms with Crippen molar-refractivity contribution in [2.24, 2.45) is 7.05 Å². The van der Waals surface area contributed by atoms with Crippen LogP contribution in [-0.2, 0) is 7.05 Å². The second-order valence-corrected chi connectivity index (χ2v) is 4.85. The van der Waals surface area contributed by atoms with Gasteiger partial charge in [-0.2, -0.15) is 5.10 Å². The molecule has 5 heteroatoms. The summed E-state index contributed by atoms with van der Waals surface area (Å²) in [6, 6.07) is 0.558. The van der Waals surface area contributed by atoms with E-state index < -0.39 is 0 Å². The number of aryl methyl sites for hydroxylation is 1. The maximum absolute atomic E-state index is 4.30. The highest BCUT2D eigenvalue weighted by molar-refractivity contribution is 7.09. The van der Waals surface area contributed by atoms with Gasteiger partial charge in [-0.05, 0) is 13.8 Å². The van der Waals surface area contributed by atoms with Crippen LogP contribution in [0.5, 0.6) is 0 Å². The van der Waals surface area contributed by atoms with Gasteiger partial charge in [0.05, 0.1) is 12.2 Å². The molecule has 0 aromatic carbocycles. The summed E-state index contributed by atoms with van der Waals surface area (Å²) in [5.74, 6) is 0. The molecule has 0 aliphatic heterocycles. The first-order valence-corrected chi connectivity index (χ1v) is 6.18. The molecule has 4 nitrogen and oxygen atoms in total. The molecule has 0 saturated heterocycles. The topological polar surface area (TPSA) is 42.7 Å². The Morgan fingerprint density at radius 2 is 2.19 bits per heavy atom. The van der Waals surface area contributed by atoms with Gasteiger partial charge in [-0.15, -0.1) is 11.3 Å². The van der Waals surface area contributed by atoms with Crippen LogP contribution in [0.25, 0.3) is 0 Å². The number of nitrogens with zero attached hydrogens (tertiary/aromatic N) is 3. The van der Waals surface area contributed by atoms with Crippen molar-refractivity contribution < 1.29 is 0 Å². The third-order valence-corrected chi connectivity index (χ3v) is 3.50. The van der Waals surface area contributed by atoms with Crippen LogP contribution in [-0.4, -0.2) is 14.8 Å². The number of thiazole rings is 1. The van der Waals surface area contributed by atoms with Crippen molar-refractivity contribution in [2.75, 3.05) is 0 Å². The van der Waals surface area contributed by atoms with Gasteiger partial charge < -0.3 is 5.32 Å². The maximum atomic E-state index is 4.30. The molecular weight excluding hydrogens is 220 g/mol. The van der Waals surface area contributed by atoms with Crippen LogP contribution in [0.3, 0.4) is 0 Å². The summed E-state index contributed by atoms with van der Waals surface area (Å²) in [7, 11) is 1.93. The molecule has 2 aromatic rings. The van der Waals surface area contributed by atoms with Gasteiger partial charge in [0.2, 0.25) is 0 Å². The van der Waals surface area contributed by atoms with E-state index in [1.54, 1.807) is 11.3 Å². The quantitative estimate of drug-likeness (QED) is 0.885. The summed E-state index contributed by atoms with van der Waals surface area (Å²) >= 11 is 1.68. The molecule has 0 spiro atoms. The lowest BCUT2D eigenvalue weighted by Crippen LogP contribution is -2.22. The molecule has 0 aliphatic rings. The van der Waals surface area contributed by atoms with E-state index in [2.05, 4.69) is 29.2 Å². The molecular formula is C11H16N4S. The van der Waals surface area contributed by atoms with E-state index in [1.807, 2.05) is 35.7 Å². The van der Waals surface area contributed by atoms with Crippen molar-refractivity contribution in [1.82, 2.24) is 20.1 Å². The first-order chi connectivity index (χ1) is 7.66. The van der Waals surface area contributed by atoms with Crippen LogP contribution in [0.1, 0.15) is 36.5 Å². The second-order valence-electron chi connectivity index (χ2n) is 3.93. The van der Waals surface area contributed by atoms with E-state index in [9.17, 15) is 0 Å². The largest absolute Gasteiger partial charge is 0.301 e. The highest BCUT2D eigenvalue weighted by Gasteiger charge is 2.13. The smallest absolute Gasteiger partial charge is 0.109 e. The fourth-order valence-electron chi connectivity index (χ4n) is 1.65. The molecule has 0 aliphatic carbocycles. The molecule has 2 rings (SSSR count). The van der Waals surface area contributed by atoms with Crippen LogP contribution in [0.2, 0.25) is 0 Å². The molecule has 2 unspecified atom stereocenters. The number of hydrogen-bond donors (Lipinski definition) is 1. The molecule has 2 atom stereocenters. The standard InChI is InChI=1S/C11H16N4S/c1-8(10-6-13-15(3)7-10)14-9(2)11-12-4-5-16-11/h4-9,14H,1-3H3. The highest BCUT2D eigenvalue weighted by atomic mass is 32.1. The normalized spacial score (nSPS) is 14.9. The Balaban J connectivity index is 2.00. The molecule has 0 fully saturated rings. The van der Waals surface area contributed by atoms with Gasteiger partial charge in [-0.3, -0.25) is 4.68 Å². The van der Waals surface area contributed by atoms with Gasteiger partial charge in [0.25, 0.3) is 0 Å². The Kier molecular flexibility index (Phi) is 3.36. The van der Waals surface area contributed by atoms with E-state index in [4.69, 9.17) is 0 Å². The maximum Gasteiger partial charge on any atom is 0.109 e. The fraction of sp³-hybridized carbons (Fsp3) is 0.455. The highest BCUT2D eigenvalue weighted by Crippen LogP contribution is 2.20.